The van der Waals surface area contributed by atoms with Crippen molar-refractivity contribution in [2.24, 2.45) is 5.84 Å². The molecule has 20 heavy (non-hydrogen) atoms. The standard InChI is InChI=1S/C12H18N4S2.C2H6/c1-5-9(15-13)11(17)7-14-16-10(6-2)12(18)8(3)4;1-2/h5-7,15-16H,3,13H2,1-2,4H3;1-2H3/p+1/b9-5+,10-6+,14-7?;. The number of hydrazone groups is 1. The molecule has 0 bridgehead atoms. The molecule has 6 heteroatoms. The third kappa shape index (κ3) is 7.93. The molecular formula is C14H25N4S2+. The van der Waals surface area contributed by atoms with Gasteiger partial charge in [-0.2, -0.15) is 5.43 Å². The predicted molar refractivity (Wildman–Crippen MR) is 96.4 cm³/mol. The number of hydrazine groups is 2. The van der Waals surface area contributed by atoms with E-state index in [0.717, 1.165) is 11.3 Å². The third-order valence-corrected chi connectivity index (χ3v) is 2.95. The van der Waals surface area contributed by atoms with Crippen LogP contribution >= 0.6 is 24.4 Å². The number of hydrogen-bond donors (Lipinski definition) is 4. The van der Waals surface area contributed by atoms with Crippen molar-refractivity contribution < 1.29 is 5.10 Å². The monoisotopic (exact) mass is 313 g/mol. The molecule has 0 aromatic rings. The maximum atomic E-state index is 5.31. The van der Waals surface area contributed by atoms with E-state index in [1.54, 1.807) is 12.3 Å². The van der Waals surface area contributed by atoms with E-state index in [-0.39, 0.29) is 0 Å². The Balaban J connectivity index is 0. The molecule has 0 amide bonds. The van der Waals surface area contributed by atoms with E-state index in [9.17, 15) is 0 Å². The molecule has 0 aromatic heterocycles. The van der Waals surface area contributed by atoms with Crippen LogP contribution in [0.3, 0.4) is 0 Å². The summed E-state index contributed by atoms with van der Waals surface area (Å²) in [4.78, 5) is 1.23. The summed E-state index contributed by atoms with van der Waals surface area (Å²) in [6, 6.07) is 0. The van der Waals surface area contributed by atoms with E-state index in [1.807, 2.05) is 40.7 Å². The first-order valence-corrected chi connectivity index (χ1v) is 7.18. The predicted octanol–water partition coefficient (Wildman–Crippen LogP) is 1.26. The zero-order valence-electron chi connectivity index (χ0n) is 12.8. The largest absolute Gasteiger partial charge is 0.323 e. The molecule has 0 atom stereocenters. The van der Waals surface area contributed by atoms with E-state index in [0.29, 0.717) is 15.4 Å². The molecule has 112 valence electrons. The first kappa shape index (κ1) is 20.9. The van der Waals surface area contributed by atoms with Gasteiger partial charge in [-0.3, -0.25) is 5.84 Å². The summed E-state index contributed by atoms with van der Waals surface area (Å²) in [6.07, 6.45) is 5.27. The first-order valence-electron chi connectivity index (χ1n) is 6.36. The zero-order valence-corrected chi connectivity index (χ0v) is 14.5. The van der Waals surface area contributed by atoms with Crippen LogP contribution in [0.1, 0.15) is 34.6 Å². The van der Waals surface area contributed by atoms with Gasteiger partial charge in [0, 0.05) is 0 Å². The fourth-order valence-corrected chi connectivity index (χ4v) is 1.45. The highest BCUT2D eigenvalue weighted by atomic mass is 32.1. The lowest BCUT2D eigenvalue weighted by Crippen LogP contribution is -2.80. The molecule has 0 aliphatic carbocycles. The number of rotatable bonds is 7. The quantitative estimate of drug-likeness (QED) is 0.187. The molecule has 0 aromatic carbocycles. The molecular weight excluding hydrogens is 288 g/mol. The molecule has 0 saturated carbocycles. The minimum absolute atomic E-state index is 0.559. The summed E-state index contributed by atoms with van der Waals surface area (Å²) in [7, 11) is 0. The Hall–Kier alpha value is -1.37. The van der Waals surface area contributed by atoms with Gasteiger partial charge in [-0.05, 0) is 26.3 Å². The summed E-state index contributed by atoms with van der Waals surface area (Å²) >= 11 is 10.4. The maximum Gasteiger partial charge on any atom is 0.211 e. The van der Waals surface area contributed by atoms with Crippen LogP contribution in [0.25, 0.3) is 0 Å². The minimum atomic E-state index is 0.559. The van der Waals surface area contributed by atoms with Crippen molar-refractivity contribution in [3.8, 4) is 0 Å². The third-order valence-electron chi connectivity index (χ3n) is 2.04. The maximum absolute atomic E-state index is 5.31. The topological polar surface area (TPSA) is 64.0 Å². The molecule has 0 spiro atoms. The van der Waals surface area contributed by atoms with Crippen LogP contribution in [0.5, 0.6) is 0 Å². The number of hydrogen-bond acceptors (Lipinski definition) is 5. The van der Waals surface area contributed by atoms with Crippen molar-refractivity contribution in [3.63, 3.8) is 0 Å². The summed E-state index contributed by atoms with van der Waals surface area (Å²) in [5.74, 6) is 5.31. The second-order valence-corrected chi connectivity index (χ2v) is 4.28. The van der Waals surface area contributed by atoms with Crippen molar-refractivity contribution in [1.82, 2.24) is 10.9 Å². The second-order valence-electron chi connectivity index (χ2n) is 3.44. The Kier molecular flexibility index (Phi) is 13.2. The second kappa shape index (κ2) is 12.7. The summed E-state index contributed by atoms with van der Waals surface area (Å²) < 4.78 is 0. The lowest BCUT2D eigenvalue weighted by atomic mass is 10.2. The summed E-state index contributed by atoms with van der Waals surface area (Å²) in [5.41, 5.74) is 7.74. The van der Waals surface area contributed by atoms with Gasteiger partial charge in [0.1, 0.15) is 10.6 Å². The number of nitrogens with two attached hydrogens (primary N) is 1. The zero-order chi connectivity index (χ0) is 16.1. The fraction of sp³-hybridized carbons (Fsp3) is 0.357. The Morgan fingerprint density at radius 3 is 2.00 bits per heavy atom. The summed E-state index contributed by atoms with van der Waals surface area (Å²) in [5, 5.41) is 2.87. The molecule has 0 heterocycles. The minimum Gasteiger partial charge on any atom is -0.323 e. The molecule has 0 radical (unpaired) electrons. The lowest BCUT2D eigenvalue weighted by Gasteiger charge is -2.04. The average Bonchev–Trinajstić information content (AvgIpc) is 2.46. The summed E-state index contributed by atoms with van der Waals surface area (Å²) in [6.45, 7) is 13.4. The van der Waals surface area contributed by atoms with E-state index >= 15 is 0 Å². The fourth-order valence-electron chi connectivity index (χ4n) is 1.04. The van der Waals surface area contributed by atoms with E-state index in [2.05, 4.69) is 22.5 Å². The van der Waals surface area contributed by atoms with Crippen LogP contribution in [-0.4, -0.2) is 15.9 Å². The lowest BCUT2D eigenvalue weighted by molar-refractivity contribution is -0.508. The van der Waals surface area contributed by atoms with E-state index in [1.165, 1.54) is 0 Å². The number of allylic oxidation sites excluding steroid dienone is 4. The van der Waals surface area contributed by atoms with Crippen LogP contribution in [0.4, 0.5) is 0 Å². The highest BCUT2D eigenvalue weighted by Crippen LogP contribution is 2.01. The van der Waals surface area contributed by atoms with Crippen molar-refractivity contribution in [3.05, 3.63) is 35.7 Å². The molecule has 0 aliphatic rings. The molecule has 5 N–H and O–H groups in total. The normalized spacial score (nSPS) is 11.5. The molecule has 0 rings (SSSR count). The molecule has 0 fully saturated rings. The van der Waals surface area contributed by atoms with Crippen LogP contribution in [0.15, 0.2) is 35.7 Å². The highest BCUT2D eigenvalue weighted by molar-refractivity contribution is 7.82. The Morgan fingerprint density at radius 2 is 1.65 bits per heavy atom. The Morgan fingerprint density at radius 1 is 1.15 bits per heavy atom. The molecule has 4 nitrogen and oxygen atoms in total. The van der Waals surface area contributed by atoms with Gasteiger partial charge in [-0.25, -0.2) is 0 Å². The van der Waals surface area contributed by atoms with Gasteiger partial charge in [-0.15, -0.1) is 5.10 Å². The van der Waals surface area contributed by atoms with Crippen LogP contribution in [0, 0.1) is 0 Å². The molecule has 0 unspecified atom stereocenters. The van der Waals surface area contributed by atoms with Crippen LogP contribution < -0.4 is 21.8 Å². The SMILES string of the molecule is C=C(C)C(=S)/C(=C\C)N[NH+]=CC(=S)/C(=C\C)NN.CC. The smallest absolute Gasteiger partial charge is 0.211 e. The van der Waals surface area contributed by atoms with Crippen molar-refractivity contribution in [1.29, 1.82) is 0 Å². The number of thiocarbonyl (C=S) groups is 2. The van der Waals surface area contributed by atoms with Gasteiger partial charge < -0.3 is 5.43 Å². The number of nitrogens with one attached hydrogen (secondary N) is 3. The molecule has 0 saturated heterocycles. The molecule has 0 aliphatic heterocycles. The van der Waals surface area contributed by atoms with E-state index < -0.39 is 0 Å². The average molecular weight is 314 g/mol. The van der Waals surface area contributed by atoms with Crippen molar-refractivity contribution in [2.45, 2.75) is 34.6 Å². The van der Waals surface area contributed by atoms with Crippen molar-refractivity contribution in [2.75, 3.05) is 0 Å². The van der Waals surface area contributed by atoms with Crippen LogP contribution in [0.2, 0.25) is 0 Å². The van der Waals surface area contributed by atoms with Crippen LogP contribution in [-0.2, 0) is 0 Å². The van der Waals surface area contributed by atoms with Gasteiger partial charge in [-0.1, -0.05) is 57.0 Å². The van der Waals surface area contributed by atoms with Gasteiger partial charge >= 0.3 is 0 Å². The Labute approximate surface area is 132 Å². The van der Waals surface area contributed by atoms with Gasteiger partial charge in [0.05, 0.1) is 10.6 Å². The van der Waals surface area contributed by atoms with Gasteiger partial charge in [0.25, 0.3) is 0 Å². The van der Waals surface area contributed by atoms with Crippen molar-refractivity contribution >= 4 is 40.4 Å². The highest BCUT2D eigenvalue weighted by Gasteiger charge is 2.06. The van der Waals surface area contributed by atoms with E-state index in [4.69, 9.17) is 30.3 Å². The van der Waals surface area contributed by atoms with Gasteiger partial charge in [0.15, 0.2) is 0 Å². The van der Waals surface area contributed by atoms with Gasteiger partial charge in [0.2, 0.25) is 6.21 Å². The Bertz CT molecular complexity index is 434. The first-order chi connectivity index (χ1) is 9.47.